The molecular formula is C15H11F17O2. The second kappa shape index (κ2) is 9.23. The van der Waals surface area contributed by atoms with E-state index in [4.69, 9.17) is 0 Å². The lowest BCUT2D eigenvalue weighted by Crippen LogP contribution is -2.74. The second-order valence-corrected chi connectivity index (χ2v) is 6.34. The van der Waals surface area contributed by atoms with E-state index in [1.807, 2.05) is 0 Å². The summed E-state index contributed by atoms with van der Waals surface area (Å²) < 4.78 is 226. The third kappa shape index (κ3) is 4.87. The largest absolute Gasteiger partial charge is 0.463 e. The van der Waals surface area contributed by atoms with E-state index >= 15 is 0 Å². The molecule has 0 saturated carbocycles. The van der Waals surface area contributed by atoms with Crippen LogP contribution in [0.5, 0.6) is 0 Å². The summed E-state index contributed by atoms with van der Waals surface area (Å²) in [5, 5.41) is 0. The molecule has 0 saturated heterocycles. The van der Waals surface area contributed by atoms with Crippen LogP contribution in [0.15, 0.2) is 12.2 Å². The Morgan fingerprint density at radius 2 is 0.971 bits per heavy atom. The Balaban J connectivity index is 6.27. The van der Waals surface area contributed by atoms with Gasteiger partial charge in [0.2, 0.25) is 0 Å². The number of halogens is 17. The molecule has 0 heterocycles. The zero-order chi connectivity index (χ0) is 27.8. The monoisotopic (exact) mass is 546 g/mol. The molecule has 19 heteroatoms. The summed E-state index contributed by atoms with van der Waals surface area (Å²) >= 11 is 0. The molecule has 34 heavy (non-hydrogen) atoms. The molecule has 0 N–H and O–H groups in total. The van der Waals surface area contributed by atoms with E-state index in [0.29, 0.717) is 0 Å². The Labute approximate surface area is 177 Å². The summed E-state index contributed by atoms with van der Waals surface area (Å²) in [6.07, 6.45) is -11.5. The number of carbonyl (C=O) groups excluding carboxylic acids is 1. The predicted molar refractivity (Wildman–Crippen MR) is 75.7 cm³/mol. The lowest BCUT2D eigenvalue weighted by Gasteiger charge is -2.42. The van der Waals surface area contributed by atoms with Crippen LogP contribution in [-0.2, 0) is 9.53 Å². The number of carbonyl (C=O) groups is 1. The number of esters is 1. The van der Waals surface area contributed by atoms with Gasteiger partial charge in [0.1, 0.15) is 0 Å². The third-order valence-corrected chi connectivity index (χ3v) is 3.95. The van der Waals surface area contributed by atoms with Crippen LogP contribution in [-0.4, -0.2) is 60.2 Å². The van der Waals surface area contributed by atoms with Crippen LogP contribution in [0.3, 0.4) is 0 Å². The molecule has 0 radical (unpaired) electrons. The summed E-state index contributed by atoms with van der Waals surface area (Å²) in [6.45, 7) is 0.956. The van der Waals surface area contributed by atoms with Gasteiger partial charge in [-0.1, -0.05) is 6.08 Å². The number of hydrogen-bond donors (Lipinski definition) is 0. The molecule has 0 aliphatic heterocycles. The van der Waals surface area contributed by atoms with Crippen molar-refractivity contribution in [3.8, 4) is 0 Å². The fourth-order valence-electron chi connectivity index (χ4n) is 1.99. The van der Waals surface area contributed by atoms with E-state index < -0.39 is 66.4 Å². The maximum Gasteiger partial charge on any atom is 0.460 e. The lowest BCUT2D eigenvalue weighted by atomic mass is 9.88. The number of alkyl halides is 17. The molecule has 0 spiro atoms. The molecule has 0 aromatic rings. The van der Waals surface area contributed by atoms with Gasteiger partial charge in [-0.2, -0.15) is 74.6 Å². The lowest BCUT2D eigenvalue weighted by molar-refractivity contribution is -0.461. The van der Waals surface area contributed by atoms with Crippen LogP contribution >= 0.6 is 0 Å². The van der Waals surface area contributed by atoms with Crippen LogP contribution in [0, 0.1) is 0 Å². The van der Waals surface area contributed by atoms with Gasteiger partial charge in [-0.05, 0) is 13.3 Å². The fourth-order valence-corrected chi connectivity index (χ4v) is 1.99. The molecule has 0 unspecified atom stereocenters. The van der Waals surface area contributed by atoms with Gasteiger partial charge < -0.3 is 4.74 Å². The van der Waals surface area contributed by atoms with Crippen molar-refractivity contribution in [2.75, 3.05) is 6.61 Å². The minimum atomic E-state index is -8.65. The molecule has 202 valence electrons. The van der Waals surface area contributed by atoms with Crippen LogP contribution in [0.4, 0.5) is 74.6 Å². The zero-order valence-corrected chi connectivity index (χ0v) is 16.0. The summed E-state index contributed by atoms with van der Waals surface area (Å²) in [6, 6.07) is 0. The van der Waals surface area contributed by atoms with Crippen molar-refractivity contribution in [2.45, 2.75) is 67.4 Å². The van der Waals surface area contributed by atoms with Crippen molar-refractivity contribution in [2.24, 2.45) is 0 Å². The average molecular weight is 546 g/mol. The standard InChI is InChI=1S/C15H11F17O2/c1-2-34-7(33)5-3-4-6-8(16,17)9(18,19)10(20,21)11(22,23)12(24,25)13(26,27)14(28,29)15(30,31)32/h3,5H,2,4,6H2,1H3/b5-3+. The quantitative estimate of drug-likeness (QED) is 0.160. The second-order valence-electron chi connectivity index (χ2n) is 6.34. The Bertz CT molecular complexity index is 751. The minimum Gasteiger partial charge on any atom is -0.463 e. The Morgan fingerprint density at radius 3 is 1.32 bits per heavy atom. The van der Waals surface area contributed by atoms with Gasteiger partial charge in [0.05, 0.1) is 6.61 Å². The Kier molecular flexibility index (Phi) is 8.70. The van der Waals surface area contributed by atoms with Gasteiger partial charge in [-0.15, -0.1) is 0 Å². The molecular weight excluding hydrogens is 535 g/mol. The molecule has 0 bridgehead atoms. The van der Waals surface area contributed by atoms with Crippen LogP contribution in [0.1, 0.15) is 19.8 Å². The molecule has 0 aliphatic carbocycles. The molecule has 0 rings (SSSR count). The number of hydrogen-bond acceptors (Lipinski definition) is 2. The molecule has 0 amide bonds. The SMILES string of the molecule is CCOC(=O)/C=C/CCC(F)(F)C(F)(F)C(F)(F)C(F)(F)C(F)(F)C(F)(F)C(F)(F)C(F)(F)F. The van der Waals surface area contributed by atoms with Crippen molar-refractivity contribution in [3.63, 3.8) is 0 Å². The van der Waals surface area contributed by atoms with Crippen molar-refractivity contribution in [3.05, 3.63) is 12.2 Å². The van der Waals surface area contributed by atoms with Gasteiger partial charge in [-0.25, -0.2) is 4.79 Å². The van der Waals surface area contributed by atoms with E-state index in [0.717, 1.165) is 0 Å². The molecule has 0 aliphatic rings. The van der Waals surface area contributed by atoms with E-state index in [-0.39, 0.29) is 18.8 Å². The maximum atomic E-state index is 13.5. The van der Waals surface area contributed by atoms with Crippen LogP contribution < -0.4 is 0 Å². The van der Waals surface area contributed by atoms with Gasteiger partial charge in [0, 0.05) is 12.5 Å². The fraction of sp³-hybridized carbons (Fsp3) is 0.800. The highest BCUT2D eigenvalue weighted by Crippen LogP contribution is 2.64. The summed E-state index contributed by atoms with van der Waals surface area (Å²) in [5.41, 5.74) is 0. The maximum absolute atomic E-state index is 13.5. The number of rotatable bonds is 11. The van der Waals surface area contributed by atoms with E-state index in [9.17, 15) is 79.4 Å². The molecule has 2 nitrogen and oxygen atoms in total. The first-order valence-electron chi connectivity index (χ1n) is 8.25. The van der Waals surface area contributed by atoms with Crippen molar-refractivity contribution < 1.29 is 84.2 Å². The Hall–Kier alpha value is -1.98. The number of ether oxygens (including phenoxy) is 1. The van der Waals surface area contributed by atoms with Crippen molar-refractivity contribution in [1.82, 2.24) is 0 Å². The summed E-state index contributed by atoms with van der Waals surface area (Å²) in [5.74, 6) is -57.7. The molecule has 0 aromatic carbocycles. The first-order chi connectivity index (χ1) is 14.7. The first-order valence-corrected chi connectivity index (χ1v) is 8.25. The highest BCUT2D eigenvalue weighted by molar-refractivity contribution is 5.81. The minimum absolute atomic E-state index is 0.241. The average Bonchev–Trinajstić information content (AvgIpc) is 2.63. The van der Waals surface area contributed by atoms with Gasteiger partial charge in [0.15, 0.2) is 0 Å². The number of allylic oxidation sites excluding steroid dienone is 1. The highest BCUT2D eigenvalue weighted by Gasteiger charge is 2.95. The van der Waals surface area contributed by atoms with Crippen LogP contribution in [0.25, 0.3) is 0 Å². The third-order valence-electron chi connectivity index (χ3n) is 3.95. The normalized spacial score (nSPS) is 15.7. The van der Waals surface area contributed by atoms with E-state index in [2.05, 4.69) is 4.74 Å². The first kappa shape index (κ1) is 32.0. The van der Waals surface area contributed by atoms with Crippen LogP contribution in [0.2, 0.25) is 0 Å². The van der Waals surface area contributed by atoms with Gasteiger partial charge in [-0.3, -0.25) is 0 Å². The smallest absolute Gasteiger partial charge is 0.460 e. The predicted octanol–water partition coefficient (Wildman–Crippen LogP) is 6.90. The Morgan fingerprint density at radius 1 is 0.618 bits per heavy atom. The van der Waals surface area contributed by atoms with Gasteiger partial charge in [0.25, 0.3) is 0 Å². The molecule has 0 aromatic heterocycles. The molecule has 0 fully saturated rings. The summed E-state index contributed by atoms with van der Waals surface area (Å²) in [4.78, 5) is 10.9. The van der Waals surface area contributed by atoms with Crippen molar-refractivity contribution >= 4 is 5.97 Å². The van der Waals surface area contributed by atoms with E-state index in [1.54, 1.807) is 0 Å². The topological polar surface area (TPSA) is 26.3 Å². The zero-order valence-electron chi connectivity index (χ0n) is 16.0. The highest BCUT2D eigenvalue weighted by atomic mass is 19.4. The van der Waals surface area contributed by atoms with E-state index in [1.165, 1.54) is 6.92 Å². The van der Waals surface area contributed by atoms with Crippen molar-refractivity contribution in [1.29, 1.82) is 0 Å². The summed E-state index contributed by atoms with van der Waals surface area (Å²) in [7, 11) is 0. The molecule has 0 atom stereocenters. The van der Waals surface area contributed by atoms with Gasteiger partial charge >= 0.3 is 53.6 Å².